The van der Waals surface area contributed by atoms with Crippen LogP contribution < -0.4 is 10.6 Å². The second-order valence-corrected chi connectivity index (χ2v) is 8.06. The van der Waals surface area contributed by atoms with Crippen molar-refractivity contribution >= 4 is 15.7 Å². The molecule has 2 aromatic carbocycles. The van der Waals surface area contributed by atoms with Crippen LogP contribution >= 0.6 is 0 Å². The van der Waals surface area contributed by atoms with Crippen LogP contribution in [-0.2, 0) is 16.3 Å². The molecule has 0 heterocycles. The number of likely N-dealkylation sites (N-methyl/N-ethyl adjacent to an activating group) is 1. The maximum atomic E-state index is 12.6. The monoisotopic (exact) mass is 360 g/mol. The summed E-state index contributed by atoms with van der Waals surface area (Å²) in [5.41, 5.74) is 2.51. The quantitative estimate of drug-likeness (QED) is 0.795. The van der Waals surface area contributed by atoms with Crippen molar-refractivity contribution in [3.05, 3.63) is 65.2 Å². The van der Waals surface area contributed by atoms with E-state index < -0.39 is 9.84 Å². The molecule has 5 nitrogen and oxygen atoms in total. The number of carbonyl (C=O) groups excluding carboxylic acids is 1. The first-order valence-corrected chi connectivity index (χ1v) is 10.1. The van der Waals surface area contributed by atoms with Crippen molar-refractivity contribution < 1.29 is 13.2 Å². The summed E-state index contributed by atoms with van der Waals surface area (Å²) in [6, 6.07) is 13.9. The molecule has 0 saturated carbocycles. The van der Waals surface area contributed by atoms with E-state index in [9.17, 15) is 13.2 Å². The van der Waals surface area contributed by atoms with Crippen LogP contribution in [0.4, 0.5) is 0 Å². The summed E-state index contributed by atoms with van der Waals surface area (Å²) in [4.78, 5) is 12.9. The van der Waals surface area contributed by atoms with Crippen LogP contribution in [0.3, 0.4) is 0 Å². The second-order valence-electron chi connectivity index (χ2n) is 6.05. The molecule has 2 N–H and O–H groups in total. The molecule has 0 aliphatic carbocycles. The normalized spacial score (nSPS) is 12.6. The van der Waals surface area contributed by atoms with E-state index in [0.717, 1.165) is 24.1 Å². The van der Waals surface area contributed by atoms with Gasteiger partial charge in [-0.3, -0.25) is 4.79 Å². The summed E-state index contributed by atoms with van der Waals surface area (Å²) in [7, 11) is -1.34. The number of benzene rings is 2. The molecule has 0 aromatic heterocycles. The molecule has 0 radical (unpaired) electrons. The van der Waals surface area contributed by atoms with Gasteiger partial charge in [0.25, 0.3) is 5.91 Å². The Hall–Kier alpha value is -2.18. The van der Waals surface area contributed by atoms with E-state index in [2.05, 4.69) is 10.6 Å². The van der Waals surface area contributed by atoms with Crippen LogP contribution in [0, 0.1) is 0 Å². The molecule has 0 saturated heterocycles. The van der Waals surface area contributed by atoms with Crippen molar-refractivity contribution in [2.24, 2.45) is 0 Å². The second kappa shape index (κ2) is 8.27. The fourth-order valence-corrected chi connectivity index (χ4v) is 3.21. The van der Waals surface area contributed by atoms with E-state index in [4.69, 9.17) is 0 Å². The molecule has 2 rings (SSSR count). The van der Waals surface area contributed by atoms with E-state index in [1.54, 1.807) is 24.3 Å². The largest absolute Gasteiger partial charge is 0.346 e. The van der Waals surface area contributed by atoms with Crippen LogP contribution in [-0.4, -0.2) is 34.2 Å². The first-order chi connectivity index (χ1) is 11.8. The molecule has 0 aliphatic heterocycles. The number of nitrogens with one attached hydrogen (secondary N) is 2. The standard InChI is InChI=1S/C19H24N2O3S/c1-14(15-8-10-17(11-9-15)25(3,23)24)21-19(22)18-7-5-4-6-16(18)12-13-20-2/h4-11,14,20H,12-13H2,1-3H3,(H,21,22). The zero-order chi connectivity index (χ0) is 18.4. The van der Waals surface area contributed by atoms with Gasteiger partial charge in [-0.15, -0.1) is 0 Å². The third-order valence-corrected chi connectivity index (χ3v) is 5.19. The van der Waals surface area contributed by atoms with Crippen molar-refractivity contribution in [2.75, 3.05) is 19.8 Å². The topological polar surface area (TPSA) is 75.3 Å². The van der Waals surface area contributed by atoms with Gasteiger partial charge in [0.1, 0.15) is 0 Å². The summed E-state index contributed by atoms with van der Waals surface area (Å²) in [5.74, 6) is -0.133. The van der Waals surface area contributed by atoms with Crippen molar-refractivity contribution in [2.45, 2.75) is 24.3 Å². The highest BCUT2D eigenvalue weighted by atomic mass is 32.2. The summed E-state index contributed by atoms with van der Waals surface area (Å²) < 4.78 is 23.1. The number of sulfone groups is 1. The molecule has 0 bridgehead atoms. The Morgan fingerprint density at radius 3 is 2.32 bits per heavy atom. The number of hydrogen-bond acceptors (Lipinski definition) is 4. The predicted molar refractivity (Wildman–Crippen MR) is 99.5 cm³/mol. The van der Waals surface area contributed by atoms with Crippen LogP contribution in [0.1, 0.15) is 34.5 Å². The number of carbonyl (C=O) groups is 1. The minimum atomic E-state index is -3.22. The van der Waals surface area contributed by atoms with Crippen LogP contribution in [0.15, 0.2) is 53.4 Å². The average Bonchev–Trinajstić information content (AvgIpc) is 2.59. The minimum Gasteiger partial charge on any atom is -0.346 e. The fourth-order valence-electron chi connectivity index (χ4n) is 2.58. The van der Waals surface area contributed by atoms with Gasteiger partial charge in [-0.1, -0.05) is 30.3 Å². The summed E-state index contributed by atoms with van der Waals surface area (Å²) in [6.45, 7) is 2.68. The molecule has 0 fully saturated rings. The van der Waals surface area contributed by atoms with Gasteiger partial charge in [0.05, 0.1) is 10.9 Å². The van der Waals surface area contributed by atoms with Crippen LogP contribution in [0.5, 0.6) is 0 Å². The molecule has 134 valence electrons. The molecule has 1 atom stereocenters. The molecule has 0 spiro atoms. The summed E-state index contributed by atoms with van der Waals surface area (Å²) >= 11 is 0. The van der Waals surface area contributed by atoms with Crippen molar-refractivity contribution in [3.8, 4) is 0 Å². The highest BCUT2D eigenvalue weighted by Crippen LogP contribution is 2.18. The predicted octanol–water partition coefficient (Wildman–Crippen LogP) is 2.34. The maximum absolute atomic E-state index is 12.6. The van der Waals surface area contributed by atoms with E-state index in [-0.39, 0.29) is 16.8 Å². The number of amides is 1. The molecule has 6 heteroatoms. The lowest BCUT2D eigenvalue weighted by Gasteiger charge is -2.16. The third-order valence-electron chi connectivity index (χ3n) is 4.06. The van der Waals surface area contributed by atoms with Gasteiger partial charge >= 0.3 is 0 Å². The van der Waals surface area contributed by atoms with E-state index in [0.29, 0.717) is 5.56 Å². The lowest BCUT2D eigenvalue weighted by atomic mass is 10.0. The van der Waals surface area contributed by atoms with Gasteiger partial charge in [0.2, 0.25) is 0 Å². The Kier molecular flexibility index (Phi) is 6.33. The van der Waals surface area contributed by atoms with Gasteiger partial charge in [-0.05, 0) is 56.3 Å². The summed E-state index contributed by atoms with van der Waals surface area (Å²) in [5, 5.41) is 6.06. The van der Waals surface area contributed by atoms with Crippen molar-refractivity contribution in [1.29, 1.82) is 0 Å². The lowest BCUT2D eigenvalue weighted by Crippen LogP contribution is -2.28. The Morgan fingerprint density at radius 1 is 1.08 bits per heavy atom. The highest BCUT2D eigenvalue weighted by molar-refractivity contribution is 7.90. The molecule has 1 amide bonds. The number of rotatable bonds is 7. The minimum absolute atomic E-state index is 0.133. The van der Waals surface area contributed by atoms with E-state index in [1.807, 2.05) is 38.2 Å². The SMILES string of the molecule is CNCCc1ccccc1C(=O)NC(C)c1ccc(S(C)(=O)=O)cc1. The molecule has 0 aliphatic rings. The highest BCUT2D eigenvalue weighted by Gasteiger charge is 2.15. The van der Waals surface area contributed by atoms with Gasteiger partial charge in [-0.25, -0.2) is 8.42 Å². The zero-order valence-electron chi connectivity index (χ0n) is 14.7. The van der Waals surface area contributed by atoms with Crippen molar-refractivity contribution in [1.82, 2.24) is 10.6 Å². The van der Waals surface area contributed by atoms with E-state index >= 15 is 0 Å². The smallest absolute Gasteiger partial charge is 0.252 e. The first kappa shape index (κ1) is 19.1. The van der Waals surface area contributed by atoms with Crippen LogP contribution in [0.25, 0.3) is 0 Å². The van der Waals surface area contributed by atoms with Gasteiger partial charge in [0, 0.05) is 11.8 Å². The Labute approximate surface area is 149 Å². The molecule has 2 aromatic rings. The summed E-state index contributed by atoms with van der Waals surface area (Å²) in [6.07, 6.45) is 1.95. The lowest BCUT2D eigenvalue weighted by molar-refractivity contribution is 0.0939. The number of hydrogen-bond donors (Lipinski definition) is 2. The molecular formula is C19H24N2O3S. The van der Waals surface area contributed by atoms with Crippen LogP contribution in [0.2, 0.25) is 0 Å². The Balaban J connectivity index is 2.12. The average molecular weight is 360 g/mol. The zero-order valence-corrected chi connectivity index (χ0v) is 15.6. The van der Waals surface area contributed by atoms with Gasteiger partial charge in [0.15, 0.2) is 9.84 Å². The van der Waals surface area contributed by atoms with Gasteiger partial charge in [-0.2, -0.15) is 0 Å². The van der Waals surface area contributed by atoms with Gasteiger partial charge < -0.3 is 10.6 Å². The molecule has 25 heavy (non-hydrogen) atoms. The van der Waals surface area contributed by atoms with E-state index in [1.165, 1.54) is 6.26 Å². The Morgan fingerprint density at radius 2 is 1.72 bits per heavy atom. The fraction of sp³-hybridized carbons (Fsp3) is 0.316. The third kappa shape index (κ3) is 5.14. The maximum Gasteiger partial charge on any atom is 0.252 e. The molecule has 1 unspecified atom stereocenters. The molecular weight excluding hydrogens is 336 g/mol. The first-order valence-electron chi connectivity index (χ1n) is 8.16. The van der Waals surface area contributed by atoms with Crippen molar-refractivity contribution in [3.63, 3.8) is 0 Å². The Bertz CT molecular complexity index is 830.